The molecule has 4 rings (SSSR count). The summed E-state index contributed by atoms with van der Waals surface area (Å²) in [5, 5.41) is 2.92. The Morgan fingerprint density at radius 3 is 2.43 bits per heavy atom. The first-order valence-corrected chi connectivity index (χ1v) is 13.8. The third kappa shape index (κ3) is 7.14. The van der Waals surface area contributed by atoms with E-state index >= 15 is 0 Å². The summed E-state index contributed by atoms with van der Waals surface area (Å²) in [4.78, 5) is 17.0. The van der Waals surface area contributed by atoms with E-state index in [2.05, 4.69) is 19.8 Å². The quantitative estimate of drug-likeness (QED) is 0.473. The van der Waals surface area contributed by atoms with Crippen molar-refractivity contribution in [2.75, 3.05) is 62.1 Å². The molecule has 1 amide bonds. The van der Waals surface area contributed by atoms with E-state index in [-0.39, 0.29) is 11.6 Å². The average molecular weight is 541 g/mol. The largest absolute Gasteiger partial charge is 0.416 e. The lowest BCUT2D eigenvalue weighted by molar-refractivity contribution is -0.137. The molecule has 12 heteroatoms. The van der Waals surface area contributed by atoms with Gasteiger partial charge in [-0.05, 0) is 62.2 Å². The Bertz CT molecular complexity index is 1190. The number of amides is 1. The van der Waals surface area contributed by atoms with Crippen LogP contribution >= 0.6 is 0 Å². The SMILES string of the molecule is O=C(NCCCN1CCOCC1)c1cc(NS(=O)(=O)c2cccc(C(F)(F)F)c2)ccc1N1CCCC1. The number of anilines is 2. The zero-order chi connectivity index (χ0) is 26.5. The maximum atomic E-state index is 13.1. The van der Waals surface area contributed by atoms with Gasteiger partial charge in [-0.25, -0.2) is 8.42 Å². The van der Waals surface area contributed by atoms with Crippen molar-refractivity contribution in [3.63, 3.8) is 0 Å². The number of hydrogen-bond acceptors (Lipinski definition) is 6. The summed E-state index contributed by atoms with van der Waals surface area (Å²) in [5.74, 6) is -0.330. The normalized spacial score (nSPS) is 17.1. The van der Waals surface area contributed by atoms with Crippen LogP contribution in [0, 0.1) is 0 Å². The van der Waals surface area contributed by atoms with Gasteiger partial charge in [-0.1, -0.05) is 6.07 Å². The van der Waals surface area contributed by atoms with Gasteiger partial charge in [0.1, 0.15) is 0 Å². The summed E-state index contributed by atoms with van der Waals surface area (Å²) in [7, 11) is -4.31. The molecule has 0 saturated carbocycles. The molecule has 0 unspecified atom stereocenters. The van der Waals surface area contributed by atoms with Crippen LogP contribution in [0.25, 0.3) is 0 Å². The van der Waals surface area contributed by atoms with E-state index in [9.17, 15) is 26.4 Å². The van der Waals surface area contributed by atoms with Crippen LogP contribution in [-0.2, 0) is 20.9 Å². The number of carbonyl (C=O) groups excluding carboxylic acids is 1. The number of alkyl halides is 3. The summed E-state index contributed by atoms with van der Waals surface area (Å²) in [6.07, 6.45) is -1.93. The fourth-order valence-corrected chi connectivity index (χ4v) is 5.59. The molecule has 0 atom stereocenters. The lowest BCUT2D eigenvalue weighted by atomic mass is 10.1. The first kappa shape index (κ1) is 27.2. The zero-order valence-corrected chi connectivity index (χ0v) is 21.2. The third-order valence-corrected chi connectivity index (χ3v) is 7.83. The van der Waals surface area contributed by atoms with Gasteiger partial charge in [-0.2, -0.15) is 13.2 Å². The highest BCUT2D eigenvalue weighted by Gasteiger charge is 2.32. The van der Waals surface area contributed by atoms with Crippen molar-refractivity contribution in [1.82, 2.24) is 10.2 Å². The van der Waals surface area contributed by atoms with Gasteiger partial charge in [-0.3, -0.25) is 14.4 Å². The number of nitrogens with one attached hydrogen (secondary N) is 2. The molecule has 2 aliphatic rings. The first-order chi connectivity index (χ1) is 17.6. The summed E-state index contributed by atoms with van der Waals surface area (Å²) < 4.78 is 72.6. The van der Waals surface area contributed by atoms with Crippen LogP contribution in [0.5, 0.6) is 0 Å². The molecule has 0 spiro atoms. The fraction of sp³-hybridized carbons (Fsp3) is 0.480. The maximum absolute atomic E-state index is 13.1. The molecule has 202 valence electrons. The highest BCUT2D eigenvalue weighted by atomic mass is 32.2. The van der Waals surface area contributed by atoms with E-state index in [1.807, 2.05) is 0 Å². The molecule has 37 heavy (non-hydrogen) atoms. The predicted octanol–water partition coefficient (Wildman–Crippen LogP) is 3.56. The van der Waals surface area contributed by atoms with Crippen molar-refractivity contribution in [3.8, 4) is 0 Å². The number of rotatable bonds is 9. The van der Waals surface area contributed by atoms with Crippen LogP contribution in [0.4, 0.5) is 24.5 Å². The Morgan fingerprint density at radius 1 is 1.00 bits per heavy atom. The van der Waals surface area contributed by atoms with Gasteiger partial charge >= 0.3 is 6.18 Å². The molecule has 8 nitrogen and oxygen atoms in total. The van der Waals surface area contributed by atoms with Crippen LogP contribution in [0.15, 0.2) is 47.4 Å². The number of ether oxygens (including phenoxy) is 1. The molecule has 0 bridgehead atoms. The Labute approximate surface area is 214 Å². The van der Waals surface area contributed by atoms with E-state index < -0.39 is 26.7 Å². The van der Waals surface area contributed by atoms with Crippen molar-refractivity contribution in [3.05, 3.63) is 53.6 Å². The van der Waals surface area contributed by atoms with Crippen LogP contribution in [0.1, 0.15) is 35.2 Å². The van der Waals surface area contributed by atoms with Gasteiger partial charge in [-0.15, -0.1) is 0 Å². The van der Waals surface area contributed by atoms with Crippen LogP contribution in [0.2, 0.25) is 0 Å². The molecule has 0 aliphatic carbocycles. The van der Waals surface area contributed by atoms with Gasteiger partial charge in [0.25, 0.3) is 15.9 Å². The lowest BCUT2D eigenvalue weighted by Gasteiger charge is -2.26. The Hall–Kier alpha value is -2.83. The van der Waals surface area contributed by atoms with Gasteiger partial charge in [0, 0.05) is 44.1 Å². The first-order valence-electron chi connectivity index (χ1n) is 12.3. The summed E-state index contributed by atoms with van der Waals surface area (Å²) in [6.45, 7) is 5.99. The molecule has 2 fully saturated rings. The van der Waals surface area contributed by atoms with Crippen LogP contribution in [0.3, 0.4) is 0 Å². The summed E-state index contributed by atoms with van der Waals surface area (Å²) >= 11 is 0. The molecule has 2 aromatic rings. The van der Waals surface area contributed by atoms with E-state index in [4.69, 9.17) is 4.74 Å². The Kier molecular flexibility index (Phi) is 8.60. The second kappa shape index (κ2) is 11.7. The number of morpholine rings is 1. The maximum Gasteiger partial charge on any atom is 0.416 e. The fourth-order valence-electron chi connectivity index (χ4n) is 4.49. The molecule has 0 aromatic heterocycles. The number of hydrogen-bond donors (Lipinski definition) is 2. The predicted molar refractivity (Wildman–Crippen MR) is 134 cm³/mol. The highest BCUT2D eigenvalue weighted by molar-refractivity contribution is 7.92. The van der Waals surface area contributed by atoms with Crippen molar-refractivity contribution < 1.29 is 31.1 Å². The number of benzene rings is 2. The molecular formula is C25H31F3N4O4S. The molecule has 2 heterocycles. The summed E-state index contributed by atoms with van der Waals surface area (Å²) in [5.41, 5.74) is 0.0541. The van der Waals surface area contributed by atoms with Crippen molar-refractivity contribution in [2.45, 2.75) is 30.3 Å². The monoisotopic (exact) mass is 540 g/mol. The van der Waals surface area contributed by atoms with Crippen molar-refractivity contribution >= 4 is 27.3 Å². The third-order valence-electron chi connectivity index (χ3n) is 6.45. The van der Waals surface area contributed by atoms with Crippen LogP contribution < -0.4 is 14.9 Å². The number of carbonyl (C=O) groups is 1. The van der Waals surface area contributed by atoms with Gasteiger partial charge in [0.15, 0.2) is 0 Å². The number of sulfonamides is 1. The minimum atomic E-state index is -4.67. The molecule has 2 saturated heterocycles. The summed E-state index contributed by atoms with van der Waals surface area (Å²) in [6, 6.07) is 8.18. The Balaban J connectivity index is 1.49. The zero-order valence-electron chi connectivity index (χ0n) is 20.4. The highest BCUT2D eigenvalue weighted by Crippen LogP contribution is 2.32. The molecule has 2 N–H and O–H groups in total. The van der Waals surface area contributed by atoms with Crippen LogP contribution in [-0.4, -0.2) is 71.7 Å². The lowest BCUT2D eigenvalue weighted by Crippen LogP contribution is -2.38. The van der Waals surface area contributed by atoms with Crippen molar-refractivity contribution in [2.24, 2.45) is 0 Å². The van der Waals surface area contributed by atoms with Gasteiger partial charge < -0.3 is 15.0 Å². The molecular weight excluding hydrogens is 509 g/mol. The van der Waals surface area contributed by atoms with E-state index in [1.54, 1.807) is 6.07 Å². The minimum Gasteiger partial charge on any atom is -0.379 e. The molecule has 2 aliphatic heterocycles. The standard InChI is InChI=1S/C25H31F3N4O4S/c26-25(27,28)19-5-3-6-21(17-19)37(34,35)30-20-7-8-23(32-11-1-2-12-32)22(18-20)24(33)29-9-4-10-31-13-15-36-16-14-31/h3,5-8,17-18,30H,1-2,4,9-16H2,(H,29,33). The minimum absolute atomic E-state index is 0.0961. The van der Waals surface area contributed by atoms with Gasteiger partial charge in [0.05, 0.1) is 29.2 Å². The second-order valence-corrected chi connectivity index (χ2v) is 10.8. The van der Waals surface area contributed by atoms with Gasteiger partial charge in [0.2, 0.25) is 0 Å². The second-order valence-electron chi connectivity index (χ2n) is 9.12. The molecule has 2 aromatic carbocycles. The topological polar surface area (TPSA) is 91.0 Å². The number of nitrogens with zero attached hydrogens (tertiary/aromatic N) is 2. The average Bonchev–Trinajstić information content (AvgIpc) is 3.41. The Morgan fingerprint density at radius 2 is 1.73 bits per heavy atom. The van der Waals surface area contributed by atoms with E-state index in [1.165, 1.54) is 12.1 Å². The van der Waals surface area contributed by atoms with E-state index in [0.717, 1.165) is 70.2 Å². The number of halogens is 3. The smallest absolute Gasteiger partial charge is 0.379 e. The van der Waals surface area contributed by atoms with E-state index in [0.29, 0.717) is 37.1 Å². The van der Waals surface area contributed by atoms with Crippen molar-refractivity contribution in [1.29, 1.82) is 0 Å². The molecule has 0 radical (unpaired) electrons.